The van der Waals surface area contributed by atoms with Gasteiger partial charge in [-0.2, -0.15) is 8.78 Å². The van der Waals surface area contributed by atoms with Gasteiger partial charge < -0.3 is 19.7 Å². The van der Waals surface area contributed by atoms with Crippen LogP contribution in [0.1, 0.15) is 24.8 Å². The third-order valence-electron chi connectivity index (χ3n) is 4.61. The van der Waals surface area contributed by atoms with Crippen molar-refractivity contribution in [3.63, 3.8) is 0 Å². The molecule has 0 aliphatic carbocycles. The number of carbonyl (C=O) groups excluding carboxylic acids is 2. The number of carbonyl (C=O) groups is 2. The summed E-state index contributed by atoms with van der Waals surface area (Å²) in [6, 6.07) is 10.0. The number of likely N-dealkylation sites (tertiary alicyclic amines) is 1. The Hall–Kier alpha value is -3.23. The van der Waals surface area contributed by atoms with Crippen LogP contribution in [0.5, 0.6) is 11.5 Å². The first-order valence-electron chi connectivity index (χ1n) is 9.40. The summed E-state index contributed by atoms with van der Waals surface area (Å²) in [4.78, 5) is 26.0. The number of hydrogen-bond donors (Lipinski definition) is 1. The Morgan fingerprint density at radius 1 is 1.23 bits per heavy atom. The standard InChI is InChI=1S/C21H21F3N2O4/c1-2-29-18-8-13(6-7-17(18)30-21(23)24)14-9-20(28)26(11-14)12-19(27)25-16-5-3-4-15(22)10-16/h3-8,10,14,21H,2,9,11-12H2,1H3,(H,25,27). The molecule has 30 heavy (non-hydrogen) atoms. The molecule has 1 saturated heterocycles. The first-order chi connectivity index (χ1) is 14.4. The molecule has 1 aliphatic heterocycles. The molecule has 0 spiro atoms. The fourth-order valence-corrected chi connectivity index (χ4v) is 3.33. The molecule has 3 rings (SSSR count). The van der Waals surface area contributed by atoms with Crippen LogP contribution in [-0.4, -0.2) is 43.0 Å². The van der Waals surface area contributed by atoms with E-state index in [-0.39, 0.29) is 49.4 Å². The molecule has 1 unspecified atom stereocenters. The highest BCUT2D eigenvalue weighted by atomic mass is 19.3. The SMILES string of the molecule is CCOc1cc(C2CC(=O)N(CC(=O)Nc3cccc(F)c3)C2)ccc1OC(F)F. The van der Waals surface area contributed by atoms with Crippen molar-refractivity contribution in [2.24, 2.45) is 0 Å². The second-order valence-electron chi connectivity index (χ2n) is 6.75. The number of amides is 2. The second-order valence-corrected chi connectivity index (χ2v) is 6.75. The van der Waals surface area contributed by atoms with Gasteiger partial charge in [-0.3, -0.25) is 9.59 Å². The molecular weight excluding hydrogens is 401 g/mol. The Morgan fingerprint density at radius 3 is 2.73 bits per heavy atom. The quantitative estimate of drug-likeness (QED) is 0.703. The lowest BCUT2D eigenvalue weighted by molar-refractivity contribution is -0.131. The molecular formula is C21H21F3N2O4. The Balaban J connectivity index is 1.66. The molecule has 1 N–H and O–H groups in total. The van der Waals surface area contributed by atoms with E-state index in [2.05, 4.69) is 10.1 Å². The summed E-state index contributed by atoms with van der Waals surface area (Å²) in [6.07, 6.45) is 0.174. The Kier molecular flexibility index (Phi) is 6.81. The number of halogens is 3. The lowest BCUT2D eigenvalue weighted by atomic mass is 9.98. The largest absolute Gasteiger partial charge is 0.490 e. The maximum atomic E-state index is 13.2. The molecule has 1 atom stereocenters. The summed E-state index contributed by atoms with van der Waals surface area (Å²) < 4.78 is 48.2. The van der Waals surface area contributed by atoms with Gasteiger partial charge in [-0.15, -0.1) is 0 Å². The van der Waals surface area contributed by atoms with Crippen molar-refractivity contribution in [2.75, 3.05) is 25.0 Å². The molecule has 2 aromatic rings. The van der Waals surface area contributed by atoms with Gasteiger partial charge in [0.2, 0.25) is 11.8 Å². The topological polar surface area (TPSA) is 67.9 Å². The van der Waals surface area contributed by atoms with Crippen molar-refractivity contribution in [1.82, 2.24) is 4.90 Å². The van der Waals surface area contributed by atoms with Gasteiger partial charge in [0, 0.05) is 24.6 Å². The molecule has 9 heteroatoms. The minimum Gasteiger partial charge on any atom is -0.490 e. The Morgan fingerprint density at radius 2 is 2.03 bits per heavy atom. The maximum absolute atomic E-state index is 13.2. The molecule has 1 fully saturated rings. The summed E-state index contributed by atoms with van der Waals surface area (Å²) in [6.45, 7) is -0.877. The number of hydrogen-bond acceptors (Lipinski definition) is 4. The van der Waals surface area contributed by atoms with Crippen molar-refractivity contribution in [1.29, 1.82) is 0 Å². The highest BCUT2D eigenvalue weighted by Gasteiger charge is 2.32. The van der Waals surface area contributed by atoms with Gasteiger partial charge in [0.25, 0.3) is 0 Å². The van der Waals surface area contributed by atoms with E-state index in [4.69, 9.17) is 4.74 Å². The molecule has 0 bridgehead atoms. The van der Waals surface area contributed by atoms with Crippen molar-refractivity contribution >= 4 is 17.5 Å². The highest BCUT2D eigenvalue weighted by molar-refractivity contribution is 5.95. The molecule has 1 heterocycles. The summed E-state index contributed by atoms with van der Waals surface area (Å²) >= 11 is 0. The average Bonchev–Trinajstić information content (AvgIpc) is 3.03. The van der Waals surface area contributed by atoms with Gasteiger partial charge >= 0.3 is 6.61 Å². The Bertz CT molecular complexity index is 923. The Labute approximate surface area is 171 Å². The van der Waals surface area contributed by atoms with Crippen LogP contribution in [0.15, 0.2) is 42.5 Å². The van der Waals surface area contributed by atoms with E-state index in [1.54, 1.807) is 25.1 Å². The number of anilines is 1. The normalized spacial score (nSPS) is 16.1. The zero-order valence-electron chi connectivity index (χ0n) is 16.2. The number of ether oxygens (including phenoxy) is 2. The molecule has 0 saturated carbocycles. The molecule has 0 aromatic heterocycles. The third kappa shape index (κ3) is 5.43. The van der Waals surface area contributed by atoms with Crippen molar-refractivity contribution < 1.29 is 32.2 Å². The summed E-state index contributed by atoms with van der Waals surface area (Å²) in [5.41, 5.74) is 1.03. The van der Waals surface area contributed by atoms with Crippen LogP contribution in [0.3, 0.4) is 0 Å². The smallest absolute Gasteiger partial charge is 0.387 e. The van der Waals surface area contributed by atoms with Gasteiger partial charge in [-0.05, 0) is 42.8 Å². The van der Waals surface area contributed by atoms with E-state index in [0.717, 1.165) is 5.56 Å². The molecule has 6 nitrogen and oxygen atoms in total. The van der Waals surface area contributed by atoms with Crippen LogP contribution in [0.2, 0.25) is 0 Å². The van der Waals surface area contributed by atoms with Gasteiger partial charge in [-0.25, -0.2) is 4.39 Å². The van der Waals surface area contributed by atoms with Crippen LogP contribution in [-0.2, 0) is 9.59 Å². The summed E-state index contributed by atoms with van der Waals surface area (Å²) in [7, 11) is 0. The van der Waals surface area contributed by atoms with E-state index in [0.29, 0.717) is 5.69 Å². The number of nitrogens with zero attached hydrogens (tertiary/aromatic N) is 1. The number of rotatable bonds is 8. The van der Waals surface area contributed by atoms with Crippen LogP contribution in [0, 0.1) is 5.82 Å². The maximum Gasteiger partial charge on any atom is 0.387 e. The van der Waals surface area contributed by atoms with Gasteiger partial charge in [0.1, 0.15) is 5.82 Å². The minimum absolute atomic E-state index is 0.0775. The molecule has 160 valence electrons. The fraction of sp³-hybridized carbons (Fsp3) is 0.333. The van der Waals surface area contributed by atoms with Crippen LogP contribution >= 0.6 is 0 Å². The molecule has 0 radical (unpaired) electrons. The molecule has 2 aromatic carbocycles. The van der Waals surface area contributed by atoms with Crippen molar-refractivity contribution in [2.45, 2.75) is 25.9 Å². The van der Waals surface area contributed by atoms with E-state index < -0.39 is 18.3 Å². The average molecular weight is 422 g/mol. The van der Waals surface area contributed by atoms with E-state index in [1.165, 1.54) is 29.2 Å². The predicted octanol–water partition coefficient (Wildman–Crippen LogP) is 3.78. The number of benzene rings is 2. The van der Waals surface area contributed by atoms with Gasteiger partial charge in [-0.1, -0.05) is 12.1 Å². The number of alkyl halides is 2. The van der Waals surface area contributed by atoms with Gasteiger partial charge in [0.05, 0.1) is 13.2 Å². The zero-order chi connectivity index (χ0) is 21.7. The fourth-order valence-electron chi connectivity index (χ4n) is 3.33. The van der Waals surface area contributed by atoms with E-state index >= 15 is 0 Å². The van der Waals surface area contributed by atoms with Gasteiger partial charge in [0.15, 0.2) is 11.5 Å². The van der Waals surface area contributed by atoms with Crippen molar-refractivity contribution in [3.05, 3.63) is 53.8 Å². The third-order valence-corrected chi connectivity index (χ3v) is 4.61. The predicted molar refractivity (Wildman–Crippen MR) is 103 cm³/mol. The first-order valence-corrected chi connectivity index (χ1v) is 9.40. The van der Waals surface area contributed by atoms with Crippen LogP contribution < -0.4 is 14.8 Å². The zero-order valence-corrected chi connectivity index (χ0v) is 16.2. The lowest BCUT2D eigenvalue weighted by Gasteiger charge is -2.18. The molecule has 1 aliphatic rings. The second kappa shape index (κ2) is 9.51. The van der Waals surface area contributed by atoms with Crippen LogP contribution in [0.25, 0.3) is 0 Å². The van der Waals surface area contributed by atoms with Crippen LogP contribution in [0.4, 0.5) is 18.9 Å². The number of nitrogens with one attached hydrogen (secondary N) is 1. The summed E-state index contributed by atoms with van der Waals surface area (Å²) in [5, 5.41) is 2.56. The summed E-state index contributed by atoms with van der Waals surface area (Å²) in [5.74, 6) is -1.25. The minimum atomic E-state index is -2.98. The van der Waals surface area contributed by atoms with E-state index in [9.17, 15) is 22.8 Å². The molecule has 2 amide bonds. The monoisotopic (exact) mass is 422 g/mol. The van der Waals surface area contributed by atoms with E-state index in [1.807, 2.05) is 0 Å². The first kappa shape index (κ1) is 21.5. The van der Waals surface area contributed by atoms with Crippen molar-refractivity contribution in [3.8, 4) is 11.5 Å². The highest BCUT2D eigenvalue weighted by Crippen LogP contribution is 2.35. The lowest BCUT2D eigenvalue weighted by Crippen LogP contribution is -2.34.